The fraction of sp³-hybridized carbons (Fsp3) is 0.750. The quantitative estimate of drug-likeness (QED) is 0.238. The normalized spacial score (nSPS) is 29.7. The van der Waals surface area contributed by atoms with Crippen LogP contribution in [0.5, 0.6) is 0 Å². The van der Waals surface area contributed by atoms with E-state index >= 15 is 0 Å². The van der Waals surface area contributed by atoms with Crippen LogP contribution >= 0.6 is 0 Å². The lowest BCUT2D eigenvalue weighted by Crippen LogP contribution is -2.60. The molecule has 5 amide bonds. The monoisotopic (exact) mass is 834 g/mol. The van der Waals surface area contributed by atoms with Crippen LogP contribution in [0.15, 0.2) is 23.3 Å². The van der Waals surface area contributed by atoms with E-state index in [1.165, 1.54) is 55.8 Å². The van der Waals surface area contributed by atoms with Crippen LogP contribution in [0, 0.1) is 29.6 Å². The highest BCUT2D eigenvalue weighted by atomic mass is 16.6. The highest BCUT2D eigenvalue weighted by Gasteiger charge is 2.40. The van der Waals surface area contributed by atoms with Gasteiger partial charge in [0.15, 0.2) is 6.10 Å². The molecule has 336 valence electrons. The minimum atomic E-state index is -1.26. The molecule has 0 spiro atoms. The van der Waals surface area contributed by atoms with Gasteiger partial charge in [-0.3, -0.25) is 24.0 Å². The number of aliphatic hydroxyl groups is 1. The molecule has 15 heteroatoms. The van der Waals surface area contributed by atoms with Crippen molar-refractivity contribution in [2.75, 3.05) is 27.7 Å². The van der Waals surface area contributed by atoms with Gasteiger partial charge >= 0.3 is 11.9 Å². The number of cyclic esters (lactones) is 2. The Morgan fingerprint density at radius 1 is 0.814 bits per heavy atom. The lowest BCUT2D eigenvalue weighted by atomic mass is 9.90. The van der Waals surface area contributed by atoms with E-state index in [4.69, 9.17) is 9.47 Å². The van der Waals surface area contributed by atoms with E-state index in [-0.39, 0.29) is 17.9 Å². The Balaban J connectivity index is 3.89. The molecule has 0 saturated heterocycles. The second-order valence-corrected chi connectivity index (χ2v) is 17.1. The van der Waals surface area contributed by atoms with E-state index in [1.807, 2.05) is 33.8 Å². The molecule has 1 heterocycles. The van der Waals surface area contributed by atoms with Gasteiger partial charge in [-0.15, -0.1) is 0 Å². The van der Waals surface area contributed by atoms with E-state index in [2.05, 4.69) is 10.6 Å². The number of nitrogens with zero attached hydrogens (tertiary/aromatic N) is 3. The van der Waals surface area contributed by atoms with Crippen LogP contribution < -0.4 is 10.6 Å². The van der Waals surface area contributed by atoms with Crippen LogP contribution in [0.1, 0.15) is 116 Å². The minimum absolute atomic E-state index is 0.0129. The molecule has 0 fully saturated rings. The molecule has 0 radical (unpaired) electrons. The predicted molar refractivity (Wildman–Crippen MR) is 226 cm³/mol. The second-order valence-electron chi connectivity index (χ2n) is 17.1. The first-order chi connectivity index (χ1) is 27.4. The summed E-state index contributed by atoms with van der Waals surface area (Å²) in [6.07, 6.45) is 1.75. The smallest absolute Gasteiger partial charge is 0.334 e. The number of ether oxygens (including phenoxy) is 2. The highest BCUT2D eigenvalue weighted by molar-refractivity contribution is 5.96. The zero-order valence-corrected chi connectivity index (χ0v) is 38.6. The lowest BCUT2D eigenvalue weighted by Gasteiger charge is -2.37. The molecule has 59 heavy (non-hydrogen) atoms. The van der Waals surface area contributed by atoms with Crippen molar-refractivity contribution in [2.24, 2.45) is 29.6 Å². The summed E-state index contributed by atoms with van der Waals surface area (Å²) in [6, 6.07) is -4.26. The van der Waals surface area contributed by atoms with Crippen LogP contribution in [0.2, 0.25) is 0 Å². The number of allylic oxidation sites excluding steroid dienone is 1. The third-order valence-electron chi connectivity index (χ3n) is 11.7. The molecule has 0 aromatic heterocycles. The first-order valence-corrected chi connectivity index (χ1v) is 21.2. The largest absolute Gasteiger partial charge is 0.456 e. The number of hydrogen-bond donors (Lipinski definition) is 3. The molecule has 0 saturated carbocycles. The molecule has 0 aromatic carbocycles. The molecule has 1 aliphatic heterocycles. The fourth-order valence-corrected chi connectivity index (χ4v) is 6.86. The number of likely N-dealkylation sites (N-methyl/N-ethyl adjacent to an activating group) is 3. The molecule has 15 nitrogen and oxygen atoms in total. The number of nitrogens with one attached hydrogen (secondary N) is 2. The zero-order valence-electron chi connectivity index (χ0n) is 38.6. The average Bonchev–Trinajstić information content (AvgIpc) is 3.18. The third kappa shape index (κ3) is 14.5. The Bertz CT molecular complexity index is 1540. The van der Waals surface area contributed by atoms with Crippen molar-refractivity contribution in [2.45, 2.75) is 158 Å². The molecule has 0 aromatic rings. The number of hydrogen-bond acceptors (Lipinski definition) is 10. The van der Waals surface area contributed by atoms with E-state index in [9.17, 15) is 38.7 Å². The minimum Gasteiger partial charge on any atom is -0.456 e. The van der Waals surface area contributed by atoms with Crippen molar-refractivity contribution in [1.29, 1.82) is 0 Å². The fourth-order valence-electron chi connectivity index (χ4n) is 6.86. The average molecular weight is 834 g/mol. The molecule has 1 rings (SSSR count). The Kier molecular flexibility index (Phi) is 21.5. The molecule has 0 bridgehead atoms. The summed E-state index contributed by atoms with van der Waals surface area (Å²) < 4.78 is 11.8. The van der Waals surface area contributed by atoms with Gasteiger partial charge in [0.25, 0.3) is 5.91 Å². The lowest BCUT2D eigenvalue weighted by molar-refractivity contribution is -0.160. The summed E-state index contributed by atoms with van der Waals surface area (Å²) in [7, 11) is 4.36. The van der Waals surface area contributed by atoms with E-state index in [0.29, 0.717) is 24.8 Å². The van der Waals surface area contributed by atoms with E-state index < -0.39 is 114 Å². The van der Waals surface area contributed by atoms with Gasteiger partial charge in [0.1, 0.15) is 30.3 Å². The molecule has 1 aliphatic rings. The van der Waals surface area contributed by atoms with Crippen LogP contribution in [-0.2, 0) is 43.0 Å². The number of aliphatic hydroxyl groups excluding tert-OH is 1. The topological polar surface area (TPSA) is 192 Å². The molecule has 10 atom stereocenters. The summed E-state index contributed by atoms with van der Waals surface area (Å²) in [5, 5.41) is 16.9. The summed E-state index contributed by atoms with van der Waals surface area (Å²) in [5.41, 5.74) is 0.833. The summed E-state index contributed by atoms with van der Waals surface area (Å²) >= 11 is 0. The number of amides is 5. The van der Waals surface area contributed by atoms with Crippen LogP contribution in [0.4, 0.5) is 0 Å². The van der Waals surface area contributed by atoms with Crippen molar-refractivity contribution in [3.8, 4) is 0 Å². The van der Waals surface area contributed by atoms with Gasteiger partial charge in [-0.05, 0) is 63.4 Å². The maximum absolute atomic E-state index is 14.2. The standard InChI is InChI=1S/C44H75N5O10/c1-17-20-28(10)37-30(12)32(50)22-21-29(11)43(56)59-38(27(9)19-3)39(52)46-35(25(6)7)41(54)49(16)36(26(8)18-2)42(55)47(14)23-33(51)45-34(24(4)5)40(53)48(15)31(13)44(57)58-37/h20-21,24-27,30-32,34-38,50H,17-19,22-23H2,1-16H3,(H,45,51)(H,46,52)/b28-20+,29-21+/t26-,27+,30+,31+,32+,34?,35+,36+,37?,38-/m1/s1. The third-order valence-corrected chi connectivity index (χ3v) is 11.7. The first kappa shape index (κ1) is 52.7. The van der Waals surface area contributed by atoms with Gasteiger partial charge in [0.2, 0.25) is 23.6 Å². The van der Waals surface area contributed by atoms with Crippen molar-refractivity contribution < 1.29 is 48.1 Å². The highest BCUT2D eigenvalue weighted by Crippen LogP contribution is 2.25. The van der Waals surface area contributed by atoms with Gasteiger partial charge in [-0.25, -0.2) is 9.59 Å². The van der Waals surface area contributed by atoms with Gasteiger partial charge in [0.05, 0.1) is 12.6 Å². The molecule has 0 aliphatic carbocycles. The maximum Gasteiger partial charge on any atom is 0.334 e. The van der Waals surface area contributed by atoms with Crippen molar-refractivity contribution in [3.05, 3.63) is 23.3 Å². The number of carbonyl (C=O) groups excluding carboxylic acids is 7. The molecular formula is C44H75N5O10. The Hall–Kier alpha value is -4.27. The van der Waals surface area contributed by atoms with E-state index in [0.717, 1.165) is 0 Å². The zero-order chi connectivity index (χ0) is 45.6. The number of rotatable bonds is 8. The molecule has 2 unspecified atom stereocenters. The summed E-state index contributed by atoms with van der Waals surface area (Å²) in [5.74, 6) is -6.70. The Morgan fingerprint density at radius 3 is 1.85 bits per heavy atom. The van der Waals surface area contributed by atoms with Crippen molar-refractivity contribution in [1.82, 2.24) is 25.3 Å². The van der Waals surface area contributed by atoms with Crippen LogP contribution in [0.25, 0.3) is 0 Å². The maximum atomic E-state index is 14.2. The van der Waals surface area contributed by atoms with Gasteiger partial charge in [-0.1, -0.05) is 87.8 Å². The Labute approximate surface area is 353 Å². The Morgan fingerprint density at radius 2 is 1.34 bits per heavy atom. The summed E-state index contributed by atoms with van der Waals surface area (Å²) in [4.78, 5) is 101. The van der Waals surface area contributed by atoms with Gasteiger partial charge < -0.3 is 39.9 Å². The first-order valence-electron chi connectivity index (χ1n) is 21.2. The SMILES string of the molecule is CC/C=C(\C)C1OC(=O)[C@H](C)N(C)C(=O)C(C(C)C)NC(=O)CN(C)C(=O)[C@H]([C@H](C)CC)N(C)C(=O)[C@H](C(C)C)NC(=O)[C@@H]([C@@H](C)CC)OC(=O)/C(C)=C/C[C@H](O)[C@@H]1C. The second kappa shape index (κ2) is 24.1. The van der Waals surface area contributed by atoms with Gasteiger partial charge in [0, 0.05) is 38.6 Å². The molecular weight excluding hydrogens is 759 g/mol. The summed E-state index contributed by atoms with van der Waals surface area (Å²) in [6.45, 7) is 22.3. The number of carbonyl (C=O) groups is 7. The van der Waals surface area contributed by atoms with E-state index in [1.54, 1.807) is 48.5 Å². The van der Waals surface area contributed by atoms with Gasteiger partial charge in [-0.2, -0.15) is 0 Å². The predicted octanol–water partition coefficient (Wildman–Crippen LogP) is 4.02. The van der Waals surface area contributed by atoms with Crippen LogP contribution in [0.3, 0.4) is 0 Å². The van der Waals surface area contributed by atoms with Crippen molar-refractivity contribution in [3.63, 3.8) is 0 Å². The van der Waals surface area contributed by atoms with Crippen LogP contribution in [-0.4, -0.2) is 131 Å². The number of esters is 2. The van der Waals surface area contributed by atoms with Crippen molar-refractivity contribution >= 4 is 41.5 Å². The molecule has 3 N–H and O–H groups in total.